The van der Waals surface area contributed by atoms with Gasteiger partial charge in [0.25, 0.3) is 0 Å². The number of likely N-dealkylation sites (N-methyl/N-ethyl adjacent to an activating group) is 1. The Morgan fingerprint density at radius 1 is 1.32 bits per heavy atom. The predicted molar refractivity (Wildman–Crippen MR) is 91.9 cm³/mol. The van der Waals surface area contributed by atoms with Crippen molar-refractivity contribution in [2.75, 3.05) is 25.0 Å². The van der Waals surface area contributed by atoms with Gasteiger partial charge >= 0.3 is 0 Å². The number of anilines is 1. The van der Waals surface area contributed by atoms with Gasteiger partial charge in [-0.15, -0.1) is 0 Å². The highest BCUT2D eigenvalue weighted by atomic mass is 16.2. The second-order valence-corrected chi connectivity index (χ2v) is 7.37. The van der Waals surface area contributed by atoms with Gasteiger partial charge in [0.15, 0.2) is 0 Å². The van der Waals surface area contributed by atoms with Crippen molar-refractivity contribution in [2.24, 2.45) is 11.1 Å². The fourth-order valence-electron chi connectivity index (χ4n) is 2.91. The van der Waals surface area contributed by atoms with Crippen molar-refractivity contribution >= 4 is 11.6 Å². The number of rotatable bonds is 3. The number of para-hydroxylation sites is 1. The van der Waals surface area contributed by atoms with Gasteiger partial charge in [-0.1, -0.05) is 39.0 Å². The number of carbonyl (C=O) groups is 1. The van der Waals surface area contributed by atoms with Gasteiger partial charge in [0.05, 0.1) is 6.04 Å². The number of hydrogen-bond donors (Lipinski definition) is 1. The van der Waals surface area contributed by atoms with Gasteiger partial charge in [-0.05, 0) is 30.4 Å². The molecule has 1 saturated heterocycles. The minimum absolute atomic E-state index is 0.0485. The molecule has 2 atom stereocenters. The topological polar surface area (TPSA) is 49.6 Å². The van der Waals surface area contributed by atoms with Crippen molar-refractivity contribution in [2.45, 2.75) is 45.7 Å². The maximum atomic E-state index is 12.6. The largest absolute Gasteiger partial charge is 0.369 e. The lowest BCUT2D eigenvalue weighted by atomic mass is 9.86. The number of nitrogens with zero attached hydrogens (tertiary/aromatic N) is 2. The van der Waals surface area contributed by atoms with E-state index in [9.17, 15) is 4.79 Å². The Bertz CT molecular complexity index is 495. The van der Waals surface area contributed by atoms with Gasteiger partial charge in [0, 0.05) is 31.9 Å². The van der Waals surface area contributed by atoms with E-state index in [0.717, 1.165) is 25.9 Å². The first-order valence-corrected chi connectivity index (χ1v) is 8.13. The summed E-state index contributed by atoms with van der Waals surface area (Å²) >= 11 is 0. The monoisotopic (exact) mass is 303 g/mol. The number of amides is 1. The van der Waals surface area contributed by atoms with Crippen LogP contribution in [-0.4, -0.2) is 43.0 Å². The van der Waals surface area contributed by atoms with E-state index in [2.05, 4.69) is 29.2 Å². The molecule has 2 rings (SSSR count). The van der Waals surface area contributed by atoms with Gasteiger partial charge in [0.2, 0.25) is 5.91 Å². The predicted octanol–water partition coefficient (Wildman–Crippen LogP) is 2.49. The van der Waals surface area contributed by atoms with Crippen LogP contribution in [0.15, 0.2) is 30.3 Å². The molecular weight excluding hydrogens is 274 g/mol. The molecule has 1 aliphatic rings. The van der Waals surface area contributed by atoms with Gasteiger partial charge in [-0.25, -0.2) is 0 Å². The van der Waals surface area contributed by atoms with Crippen molar-refractivity contribution < 1.29 is 4.79 Å². The van der Waals surface area contributed by atoms with Crippen LogP contribution in [0.5, 0.6) is 0 Å². The molecule has 0 bridgehead atoms. The highest BCUT2D eigenvalue weighted by molar-refractivity contribution is 5.82. The minimum Gasteiger partial charge on any atom is -0.369 e. The van der Waals surface area contributed by atoms with Crippen LogP contribution in [0.25, 0.3) is 0 Å². The van der Waals surface area contributed by atoms with Crippen molar-refractivity contribution in [3.05, 3.63) is 30.3 Å². The van der Waals surface area contributed by atoms with E-state index in [-0.39, 0.29) is 17.4 Å². The number of nitrogens with two attached hydrogens (primary N) is 1. The molecule has 0 aromatic heterocycles. The van der Waals surface area contributed by atoms with E-state index in [4.69, 9.17) is 5.73 Å². The highest BCUT2D eigenvalue weighted by Crippen LogP contribution is 2.24. The summed E-state index contributed by atoms with van der Waals surface area (Å²) in [6.45, 7) is 7.97. The zero-order chi connectivity index (χ0) is 16.3. The molecule has 0 spiro atoms. The first kappa shape index (κ1) is 16.8. The summed E-state index contributed by atoms with van der Waals surface area (Å²) in [5.41, 5.74) is 7.16. The van der Waals surface area contributed by atoms with Crippen molar-refractivity contribution in [3.8, 4) is 0 Å². The van der Waals surface area contributed by atoms with Crippen molar-refractivity contribution in [3.63, 3.8) is 0 Å². The number of piperidine rings is 1. The zero-order valence-corrected chi connectivity index (χ0v) is 14.2. The fourth-order valence-corrected chi connectivity index (χ4v) is 2.91. The molecule has 1 aromatic carbocycles. The van der Waals surface area contributed by atoms with Gasteiger partial charge in [0.1, 0.15) is 0 Å². The van der Waals surface area contributed by atoms with Crippen LogP contribution in [0.3, 0.4) is 0 Å². The summed E-state index contributed by atoms with van der Waals surface area (Å²) in [6.07, 6.45) is 2.14. The minimum atomic E-state index is -0.454. The molecule has 0 radical (unpaired) electrons. The second-order valence-electron chi connectivity index (χ2n) is 7.37. The van der Waals surface area contributed by atoms with E-state index in [1.54, 1.807) is 0 Å². The summed E-state index contributed by atoms with van der Waals surface area (Å²) in [6, 6.07) is 10.2. The molecule has 1 amide bonds. The Labute approximate surface area is 134 Å². The molecule has 0 aliphatic carbocycles. The van der Waals surface area contributed by atoms with Gasteiger partial charge < -0.3 is 15.5 Å². The maximum Gasteiger partial charge on any atom is 0.240 e. The average Bonchev–Trinajstić information content (AvgIpc) is 2.53. The van der Waals surface area contributed by atoms with Crippen LogP contribution < -0.4 is 10.6 Å². The number of carbonyl (C=O) groups excluding carboxylic acids is 1. The molecule has 4 heteroatoms. The fraction of sp³-hybridized carbons (Fsp3) is 0.611. The molecule has 1 aliphatic heterocycles. The number of benzene rings is 1. The van der Waals surface area contributed by atoms with Gasteiger partial charge in [-0.2, -0.15) is 0 Å². The zero-order valence-electron chi connectivity index (χ0n) is 14.2. The summed E-state index contributed by atoms with van der Waals surface area (Å²) in [7, 11) is 1.90. The van der Waals surface area contributed by atoms with Crippen LogP contribution in [0.2, 0.25) is 0 Å². The Morgan fingerprint density at radius 3 is 2.55 bits per heavy atom. The molecule has 1 fully saturated rings. The molecule has 1 heterocycles. The lowest BCUT2D eigenvalue weighted by Crippen LogP contribution is -2.55. The molecular formula is C18H29N3O. The van der Waals surface area contributed by atoms with Gasteiger partial charge in [-0.3, -0.25) is 4.79 Å². The Kier molecular flexibility index (Phi) is 5.12. The van der Waals surface area contributed by atoms with Crippen LogP contribution in [0.4, 0.5) is 5.69 Å². The third kappa shape index (κ3) is 3.80. The Morgan fingerprint density at radius 2 is 1.95 bits per heavy atom. The van der Waals surface area contributed by atoms with E-state index in [1.165, 1.54) is 5.69 Å². The standard InChI is InChI=1S/C18H29N3O/c1-18(2,3)16(19)17(22)20(4)15-11-8-12-21(13-15)14-9-6-5-7-10-14/h5-7,9-10,15-16H,8,11-13,19H2,1-4H3/t15?,16-/m1/s1. The Hall–Kier alpha value is -1.55. The van der Waals surface area contributed by atoms with Crippen molar-refractivity contribution in [1.29, 1.82) is 0 Å². The third-order valence-electron chi connectivity index (χ3n) is 4.61. The summed E-state index contributed by atoms with van der Waals surface area (Å²) in [4.78, 5) is 16.8. The van der Waals surface area contributed by atoms with E-state index < -0.39 is 6.04 Å². The van der Waals surface area contributed by atoms with Crippen molar-refractivity contribution in [1.82, 2.24) is 4.90 Å². The van der Waals surface area contributed by atoms with E-state index in [1.807, 2.05) is 38.8 Å². The molecule has 1 unspecified atom stereocenters. The van der Waals surface area contributed by atoms with Crippen LogP contribution in [0, 0.1) is 5.41 Å². The van der Waals surface area contributed by atoms with Crippen LogP contribution in [-0.2, 0) is 4.79 Å². The Balaban J connectivity index is 2.04. The molecule has 2 N–H and O–H groups in total. The summed E-state index contributed by atoms with van der Waals surface area (Å²) in [5.74, 6) is 0.0485. The summed E-state index contributed by atoms with van der Waals surface area (Å²) < 4.78 is 0. The molecule has 22 heavy (non-hydrogen) atoms. The number of hydrogen-bond acceptors (Lipinski definition) is 3. The smallest absolute Gasteiger partial charge is 0.240 e. The summed E-state index contributed by atoms with van der Waals surface area (Å²) in [5, 5.41) is 0. The van der Waals surface area contributed by atoms with Crippen LogP contribution >= 0.6 is 0 Å². The normalized spacial score (nSPS) is 20.6. The van der Waals surface area contributed by atoms with E-state index in [0.29, 0.717) is 0 Å². The maximum absolute atomic E-state index is 12.6. The molecule has 1 aromatic rings. The quantitative estimate of drug-likeness (QED) is 0.933. The SMILES string of the molecule is CN(C(=O)[C@@H](N)C(C)(C)C)C1CCCN(c2ccccc2)C1. The first-order valence-electron chi connectivity index (χ1n) is 8.13. The second kappa shape index (κ2) is 6.69. The van der Waals surface area contributed by atoms with E-state index >= 15 is 0 Å². The lowest BCUT2D eigenvalue weighted by Gasteiger charge is -2.40. The highest BCUT2D eigenvalue weighted by Gasteiger charge is 2.33. The average molecular weight is 303 g/mol. The third-order valence-corrected chi connectivity index (χ3v) is 4.61. The first-order chi connectivity index (χ1) is 10.3. The van der Waals surface area contributed by atoms with Crippen LogP contribution in [0.1, 0.15) is 33.6 Å². The molecule has 122 valence electrons. The lowest BCUT2D eigenvalue weighted by molar-refractivity contribution is -0.135. The molecule has 0 saturated carbocycles. The molecule has 4 nitrogen and oxygen atoms in total.